The zero-order valence-electron chi connectivity index (χ0n) is 14.5. The van der Waals surface area contributed by atoms with Crippen LogP contribution in [0.3, 0.4) is 0 Å². The largest absolute Gasteiger partial charge is 0.416 e. The van der Waals surface area contributed by atoms with Crippen LogP contribution in [0.15, 0.2) is 48.5 Å². The topological polar surface area (TPSA) is 24.1 Å². The van der Waals surface area contributed by atoms with Crippen molar-refractivity contribution in [3.63, 3.8) is 0 Å². The number of benzene rings is 2. The molecule has 0 spiro atoms. The normalized spacial score (nSPS) is 25.9. The van der Waals surface area contributed by atoms with Crippen molar-refractivity contribution < 1.29 is 13.2 Å². The van der Waals surface area contributed by atoms with Crippen LogP contribution in [-0.2, 0) is 6.18 Å². The third-order valence-electron chi connectivity index (χ3n) is 5.40. The van der Waals surface area contributed by atoms with Crippen LogP contribution in [0.4, 0.5) is 13.2 Å². The zero-order valence-corrected chi connectivity index (χ0v) is 14.5. The number of alkyl halides is 3. The maximum atomic E-state index is 12.9. The van der Waals surface area contributed by atoms with E-state index in [1.807, 2.05) is 12.1 Å². The molecule has 26 heavy (non-hydrogen) atoms. The highest BCUT2D eigenvalue weighted by Crippen LogP contribution is 2.42. The second kappa shape index (κ2) is 7.05. The summed E-state index contributed by atoms with van der Waals surface area (Å²) in [5, 5.41) is 7.14. The van der Waals surface area contributed by atoms with Crippen molar-refractivity contribution in [3.05, 3.63) is 59.7 Å². The van der Waals surface area contributed by atoms with Gasteiger partial charge < -0.3 is 10.6 Å². The summed E-state index contributed by atoms with van der Waals surface area (Å²) >= 11 is 0. The summed E-state index contributed by atoms with van der Waals surface area (Å²) in [4.78, 5) is 0. The molecule has 1 unspecified atom stereocenters. The molecule has 1 aliphatic carbocycles. The number of rotatable bonds is 4. The third kappa shape index (κ3) is 3.94. The summed E-state index contributed by atoms with van der Waals surface area (Å²) in [5.41, 5.74) is 2.08. The summed E-state index contributed by atoms with van der Waals surface area (Å²) in [7, 11) is 0. The maximum Gasteiger partial charge on any atom is 0.416 e. The predicted molar refractivity (Wildman–Crippen MR) is 97.1 cm³/mol. The molecular weight excluding hydrogens is 337 g/mol. The molecule has 1 saturated heterocycles. The smallest absolute Gasteiger partial charge is 0.315 e. The van der Waals surface area contributed by atoms with Crippen LogP contribution >= 0.6 is 0 Å². The van der Waals surface area contributed by atoms with Crippen LogP contribution < -0.4 is 10.6 Å². The molecule has 1 saturated carbocycles. The van der Waals surface area contributed by atoms with Gasteiger partial charge in [0.25, 0.3) is 0 Å². The minimum absolute atomic E-state index is 0.521. The first-order valence-electron chi connectivity index (χ1n) is 9.25. The fraction of sp³-hybridized carbons (Fsp3) is 0.429. The van der Waals surface area contributed by atoms with Crippen molar-refractivity contribution in [2.24, 2.45) is 0 Å². The number of hydrogen-bond donors (Lipinski definition) is 2. The zero-order chi connectivity index (χ0) is 18.1. The molecule has 2 fully saturated rings. The lowest BCUT2D eigenvalue weighted by Gasteiger charge is -2.24. The molecular formula is C21H23F3N2. The molecule has 5 heteroatoms. The van der Waals surface area contributed by atoms with Gasteiger partial charge in [-0.3, -0.25) is 0 Å². The Kier molecular flexibility index (Phi) is 4.76. The van der Waals surface area contributed by atoms with E-state index >= 15 is 0 Å². The summed E-state index contributed by atoms with van der Waals surface area (Å²) in [5.74, 6) is 0.521. The molecule has 2 aliphatic rings. The highest BCUT2D eigenvalue weighted by atomic mass is 19.4. The summed E-state index contributed by atoms with van der Waals surface area (Å²) in [6.07, 6.45) is -0.721. The van der Waals surface area contributed by atoms with Crippen molar-refractivity contribution in [1.82, 2.24) is 10.6 Å². The van der Waals surface area contributed by atoms with Crippen LogP contribution in [0, 0.1) is 0 Å². The van der Waals surface area contributed by atoms with Crippen molar-refractivity contribution in [1.29, 1.82) is 0 Å². The van der Waals surface area contributed by atoms with Crippen molar-refractivity contribution in [2.75, 3.05) is 13.1 Å². The van der Waals surface area contributed by atoms with E-state index in [2.05, 4.69) is 22.8 Å². The van der Waals surface area contributed by atoms with Gasteiger partial charge in [-0.1, -0.05) is 36.4 Å². The average molecular weight is 360 g/mol. The highest BCUT2D eigenvalue weighted by molar-refractivity contribution is 5.65. The van der Waals surface area contributed by atoms with Crippen molar-refractivity contribution >= 4 is 0 Å². The molecule has 2 aromatic rings. The van der Waals surface area contributed by atoms with E-state index in [1.54, 1.807) is 6.07 Å². The van der Waals surface area contributed by atoms with E-state index in [4.69, 9.17) is 0 Å². The van der Waals surface area contributed by atoms with Gasteiger partial charge in [-0.05, 0) is 54.6 Å². The monoisotopic (exact) mass is 360 g/mol. The quantitative estimate of drug-likeness (QED) is 0.835. The SMILES string of the molecule is FC(F)(F)c1cccc(-c2ccc([C@H]3C[C@@H]3NC3CCCNC3)cc2)c1. The van der Waals surface area contributed by atoms with E-state index in [9.17, 15) is 13.2 Å². The first kappa shape index (κ1) is 17.6. The third-order valence-corrected chi connectivity index (χ3v) is 5.40. The van der Waals surface area contributed by atoms with Gasteiger partial charge in [-0.15, -0.1) is 0 Å². The Morgan fingerprint density at radius 3 is 2.50 bits per heavy atom. The minimum atomic E-state index is -4.31. The van der Waals surface area contributed by atoms with E-state index in [0.29, 0.717) is 23.6 Å². The van der Waals surface area contributed by atoms with Crippen molar-refractivity contribution in [3.8, 4) is 11.1 Å². The Morgan fingerprint density at radius 1 is 1.00 bits per heavy atom. The Bertz CT molecular complexity index is 749. The molecule has 3 atom stereocenters. The predicted octanol–water partition coefficient (Wildman–Crippen LogP) is 4.57. The molecule has 1 heterocycles. The molecule has 1 aliphatic heterocycles. The molecule has 138 valence electrons. The highest BCUT2D eigenvalue weighted by Gasteiger charge is 2.39. The molecule has 0 radical (unpaired) electrons. The number of piperidine rings is 1. The maximum absolute atomic E-state index is 12.9. The van der Waals surface area contributed by atoms with E-state index in [-0.39, 0.29) is 0 Å². The summed E-state index contributed by atoms with van der Waals surface area (Å²) in [6, 6.07) is 14.6. The van der Waals surface area contributed by atoms with Gasteiger partial charge in [0, 0.05) is 24.5 Å². The standard InChI is InChI=1S/C21H23F3N2/c22-21(23,24)17-4-1-3-16(11-17)14-6-8-15(9-7-14)19-12-20(19)26-18-5-2-10-25-13-18/h1,3-4,6-9,11,18-20,25-26H,2,5,10,12-13H2/t18?,19-,20+/m1/s1. The molecule has 2 nitrogen and oxygen atoms in total. The number of halogens is 3. The molecule has 0 amide bonds. The molecule has 0 aromatic heterocycles. The van der Waals surface area contributed by atoms with Gasteiger partial charge in [0.15, 0.2) is 0 Å². The minimum Gasteiger partial charge on any atom is -0.315 e. The van der Waals surface area contributed by atoms with Crippen molar-refractivity contribution in [2.45, 2.75) is 43.4 Å². The van der Waals surface area contributed by atoms with Gasteiger partial charge in [-0.25, -0.2) is 0 Å². The van der Waals surface area contributed by atoms with Crippen LogP contribution in [0.5, 0.6) is 0 Å². The van der Waals surface area contributed by atoms with Crippen LogP contribution in [0.2, 0.25) is 0 Å². The van der Waals surface area contributed by atoms with E-state index in [1.165, 1.54) is 30.5 Å². The van der Waals surface area contributed by atoms with Gasteiger partial charge >= 0.3 is 6.18 Å². The second-order valence-corrected chi connectivity index (χ2v) is 7.36. The van der Waals surface area contributed by atoms with Gasteiger partial charge in [0.1, 0.15) is 0 Å². The summed E-state index contributed by atoms with van der Waals surface area (Å²) in [6.45, 7) is 2.15. The molecule has 0 bridgehead atoms. The second-order valence-electron chi connectivity index (χ2n) is 7.36. The van der Waals surface area contributed by atoms with E-state index < -0.39 is 11.7 Å². The fourth-order valence-corrected chi connectivity index (χ4v) is 3.84. The van der Waals surface area contributed by atoms with Gasteiger partial charge in [-0.2, -0.15) is 13.2 Å². The number of nitrogens with one attached hydrogen (secondary N) is 2. The average Bonchev–Trinajstić information content (AvgIpc) is 3.41. The lowest BCUT2D eigenvalue weighted by atomic mass is 10.00. The summed E-state index contributed by atoms with van der Waals surface area (Å²) < 4.78 is 38.7. The van der Waals surface area contributed by atoms with Crippen LogP contribution in [0.1, 0.15) is 36.3 Å². The molecule has 2 aromatic carbocycles. The van der Waals surface area contributed by atoms with Gasteiger partial charge in [0.2, 0.25) is 0 Å². The first-order chi connectivity index (χ1) is 12.5. The Labute approximate surface area is 151 Å². The molecule has 4 rings (SSSR count). The van der Waals surface area contributed by atoms with Crippen LogP contribution in [-0.4, -0.2) is 25.2 Å². The Balaban J connectivity index is 1.41. The van der Waals surface area contributed by atoms with Crippen LogP contribution in [0.25, 0.3) is 11.1 Å². The number of hydrogen-bond acceptors (Lipinski definition) is 2. The Hall–Kier alpha value is -1.85. The fourth-order valence-electron chi connectivity index (χ4n) is 3.84. The lowest BCUT2D eigenvalue weighted by Crippen LogP contribution is -2.44. The Morgan fingerprint density at radius 2 is 1.81 bits per heavy atom. The first-order valence-corrected chi connectivity index (χ1v) is 9.25. The lowest BCUT2D eigenvalue weighted by molar-refractivity contribution is -0.137. The molecule has 2 N–H and O–H groups in total. The van der Waals surface area contributed by atoms with E-state index in [0.717, 1.165) is 31.1 Å². The van der Waals surface area contributed by atoms with Gasteiger partial charge in [0.05, 0.1) is 5.56 Å².